The van der Waals surface area contributed by atoms with Crippen LogP contribution in [0.4, 0.5) is 5.69 Å². The fourth-order valence-corrected chi connectivity index (χ4v) is 4.63. The Morgan fingerprint density at radius 1 is 0.848 bits per heavy atom. The number of nitro groups is 1. The van der Waals surface area contributed by atoms with Crippen molar-refractivity contribution in [1.29, 1.82) is 0 Å². The molecule has 0 radical (unpaired) electrons. The van der Waals surface area contributed by atoms with E-state index in [2.05, 4.69) is 4.99 Å². The normalized spacial score (nSPS) is 11.6. The summed E-state index contributed by atoms with van der Waals surface area (Å²) in [5, 5.41) is 14.8. The van der Waals surface area contributed by atoms with E-state index in [1.54, 1.807) is 18.2 Å². The summed E-state index contributed by atoms with van der Waals surface area (Å²) in [5.41, 5.74) is 3.00. The highest BCUT2D eigenvalue weighted by molar-refractivity contribution is 7.07. The molecule has 0 N–H and O–H groups in total. The summed E-state index contributed by atoms with van der Waals surface area (Å²) in [5.74, 6) is -0.325. The predicted octanol–water partition coefficient (Wildman–Crippen LogP) is 6.01. The summed E-state index contributed by atoms with van der Waals surface area (Å²) in [4.78, 5) is 28.8. The average molecular weight is 452 g/mol. The molecule has 0 aliphatic rings. The fourth-order valence-electron chi connectivity index (χ4n) is 3.73. The summed E-state index contributed by atoms with van der Waals surface area (Å²) >= 11 is 1.35. The topological polar surface area (TPSA) is 77.5 Å². The monoisotopic (exact) mass is 451 g/mol. The van der Waals surface area contributed by atoms with Gasteiger partial charge in [-0.1, -0.05) is 54.6 Å². The van der Waals surface area contributed by atoms with E-state index in [-0.39, 0.29) is 11.6 Å². The maximum Gasteiger partial charge on any atom is 0.280 e. The number of thiazole rings is 1. The molecule has 160 valence electrons. The van der Waals surface area contributed by atoms with Crippen LogP contribution in [0.1, 0.15) is 10.4 Å². The highest BCUT2D eigenvalue weighted by Gasteiger charge is 2.14. The zero-order valence-corrected chi connectivity index (χ0v) is 18.1. The Hall–Kier alpha value is -4.36. The summed E-state index contributed by atoms with van der Waals surface area (Å²) in [6, 6.07) is 29.3. The molecule has 0 unspecified atom stereocenters. The van der Waals surface area contributed by atoms with Crippen LogP contribution in [0.25, 0.3) is 27.7 Å². The van der Waals surface area contributed by atoms with Crippen LogP contribution in [0.15, 0.2) is 107 Å². The van der Waals surface area contributed by atoms with Crippen molar-refractivity contribution in [2.24, 2.45) is 4.99 Å². The van der Waals surface area contributed by atoms with Gasteiger partial charge in [0.25, 0.3) is 11.6 Å². The van der Waals surface area contributed by atoms with Crippen LogP contribution < -0.4 is 4.80 Å². The van der Waals surface area contributed by atoms with E-state index >= 15 is 0 Å². The third-order valence-corrected chi connectivity index (χ3v) is 6.14. The number of hydrogen-bond acceptors (Lipinski definition) is 4. The zero-order chi connectivity index (χ0) is 22.8. The number of nitrogens with zero attached hydrogens (tertiary/aromatic N) is 3. The van der Waals surface area contributed by atoms with Gasteiger partial charge in [-0.3, -0.25) is 19.5 Å². The van der Waals surface area contributed by atoms with Crippen LogP contribution in [0.2, 0.25) is 0 Å². The molecule has 0 saturated carbocycles. The Labute approximate surface area is 192 Å². The zero-order valence-electron chi connectivity index (χ0n) is 17.3. The minimum atomic E-state index is -0.424. The van der Waals surface area contributed by atoms with Gasteiger partial charge in [0.2, 0.25) is 0 Å². The molecule has 6 nitrogen and oxygen atoms in total. The number of benzene rings is 4. The lowest BCUT2D eigenvalue weighted by atomic mass is 10.0. The van der Waals surface area contributed by atoms with Crippen LogP contribution >= 0.6 is 11.3 Å². The fraction of sp³-hybridized carbons (Fsp3) is 0. The van der Waals surface area contributed by atoms with Crippen molar-refractivity contribution in [2.75, 3.05) is 0 Å². The molecule has 0 fully saturated rings. The highest BCUT2D eigenvalue weighted by atomic mass is 32.1. The standard InChI is InChI=1S/C26H17N3O3S/c30-25(23-12-6-8-18-7-4-5-11-22(18)23)27-26-28(20-9-2-1-3-10-20)24(17-33-26)19-13-15-21(16-14-19)29(31)32/h1-17H. The maximum absolute atomic E-state index is 13.2. The Morgan fingerprint density at radius 2 is 1.55 bits per heavy atom. The highest BCUT2D eigenvalue weighted by Crippen LogP contribution is 2.26. The number of para-hydroxylation sites is 1. The lowest BCUT2D eigenvalue weighted by molar-refractivity contribution is -0.384. The molecule has 0 atom stereocenters. The van der Waals surface area contributed by atoms with Gasteiger partial charge in [0, 0.05) is 28.8 Å². The van der Waals surface area contributed by atoms with Gasteiger partial charge in [0.1, 0.15) is 0 Å². The molecule has 1 aromatic heterocycles. The molecule has 5 rings (SSSR count). The number of amides is 1. The van der Waals surface area contributed by atoms with Crippen molar-refractivity contribution in [3.05, 3.63) is 123 Å². The molecule has 0 bridgehead atoms. The molecule has 5 aromatic rings. The molecule has 33 heavy (non-hydrogen) atoms. The van der Waals surface area contributed by atoms with Gasteiger partial charge >= 0.3 is 0 Å². The van der Waals surface area contributed by atoms with Crippen molar-refractivity contribution in [1.82, 2.24) is 4.57 Å². The van der Waals surface area contributed by atoms with E-state index in [0.717, 1.165) is 27.7 Å². The smallest absolute Gasteiger partial charge is 0.280 e. The molecule has 0 aliphatic heterocycles. The van der Waals surface area contributed by atoms with Crippen molar-refractivity contribution in [3.63, 3.8) is 0 Å². The molecule has 7 heteroatoms. The number of non-ortho nitro benzene ring substituents is 1. The molecule has 0 saturated heterocycles. The van der Waals surface area contributed by atoms with Crippen LogP contribution in [-0.4, -0.2) is 15.4 Å². The second-order valence-corrected chi connectivity index (χ2v) is 8.16. The van der Waals surface area contributed by atoms with Gasteiger partial charge in [0.15, 0.2) is 4.80 Å². The molecular formula is C26H17N3O3S. The summed E-state index contributed by atoms with van der Waals surface area (Å²) in [6.07, 6.45) is 0. The van der Waals surface area contributed by atoms with Crippen LogP contribution in [0, 0.1) is 10.1 Å². The Balaban J connectivity index is 1.67. The minimum absolute atomic E-state index is 0.0243. The lowest BCUT2D eigenvalue weighted by Gasteiger charge is -2.09. The number of fused-ring (bicyclic) bond motifs is 1. The van der Waals surface area contributed by atoms with E-state index in [4.69, 9.17) is 0 Å². The van der Waals surface area contributed by atoms with Crippen molar-refractivity contribution in [2.45, 2.75) is 0 Å². The third-order valence-electron chi connectivity index (χ3n) is 5.31. The van der Waals surface area contributed by atoms with Gasteiger partial charge in [-0.15, -0.1) is 11.3 Å². The second kappa shape index (κ2) is 8.64. The van der Waals surface area contributed by atoms with Gasteiger partial charge in [-0.2, -0.15) is 4.99 Å². The first-order valence-electron chi connectivity index (χ1n) is 10.2. The SMILES string of the molecule is O=C(N=c1scc(-c2ccc([N+](=O)[O-])cc2)n1-c1ccccc1)c1cccc2ccccc12. The second-order valence-electron chi connectivity index (χ2n) is 7.32. The first-order valence-corrected chi connectivity index (χ1v) is 11.1. The van der Waals surface area contributed by atoms with Crippen molar-refractivity contribution >= 4 is 33.7 Å². The number of hydrogen-bond donors (Lipinski definition) is 0. The predicted molar refractivity (Wildman–Crippen MR) is 130 cm³/mol. The van der Waals surface area contributed by atoms with E-state index in [0.29, 0.717) is 10.4 Å². The van der Waals surface area contributed by atoms with Crippen molar-refractivity contribution < 1.29 is 9.72 Å². The summed E-state index contributed by atoms with van der Waals surface area (Å²) in [6.45, 7) is 0. The number of carbonyl (C=O) groups is 1. The summed E-state index contributed by atoms with van der Waals surface area (Å²) < 4.78 is 1.90. The van der Waals surface area contributed by atoms with Gasteiger partial charge in [-0.25, -0.2) is 0 Å². The number of nitro benzene ring substituents is 1. The van der Waals surface area contributed by atoms with Gasteiger partial charge < -0.3 is 0 Å². The summed E-state index contributed by atoms with van der Waals surface area (Å²) in [7, 11) is 0. The number of carbonyl (C=O) groups excluding carboxylic acids is 1. The van der Waals surface area contributed by atoms with Crippen LogP contribution in [-0.2, 0) is 0 Å². The molecular weight excluding hydrogens is 434 g/mol. The quantitative estimate of drug-likeness (QED) is 0.248. The van der Waals surface area contributed by atoms with Gasteiger partial charge in [-0.05, 0) is 46.7 Å². The molecule has 1 heterocycles. The maximum atomic E-state index is 13.2. The number of rotatable bonds is 4. The van der Waals surface area contributed by atoms with Crippen LogP contribution in [0.3, 0.4) is 0 Å². The molecule has 0 spiro atoms. The van der Waals surface area contributed by atoms with Gasteiger partial charge in [0.05, 0.1) is 10.6 Å². The minimum Gasteiger partial charge on any atom is -0.285 e. The van der Waals surface area contributed by atoms with Crippen molar-refractivity contribution in [3.8, 4) is 16.9 Å². The first-order chi connectivity index (χ1) is 16.1. The molecule has 4 aromatic carbocycles. The molecule has 1 amide bonds. The van der Waals surface area contributed by atoms with E-state index in [9.17, 15) is 14.9 Å². The Morgan fingerprint density at radius 3 is 2.30 bits per heavy atom. The Bertz CT molecular complexity index is 1550. The number of aromatic nitrogens is 1. The van der Waals surface area contributed by atoms with E-state index < -0.39 is 4.92 Å². The lowest BCUT2D eigenvalue weighted by Crippen LogP contribution is -2.16. The van der Waals surface area contributed by atoms with E-state index in [1.807, 2.05) is 76.7 Å². The molecule has 0 aliphatic carbocycles. The first kappa shape index (κ1) is 20.5. The third kappa shape index (κ3) is 3.97. The Kier molecular flexibility index (Phi) is 5.38. The largest absolute Gasteiger partial charge is 0.285 e. The van der Waals surface area contributed by atoms with Crippen LogP contribution in [0.5, 0.6) is 0 Å². The average Bonchev–Trinajstić information content (AvgIpc) is 3.27. The van der Waals surface area contributed by atoms with E-state index in [1.165, 1.54) is 23.5 Å².